The highest BCUT2D eigenvalue weighted by Crippen LogP contribution is 2.37. The molecule has 1 aliphatic rings. The molecule has 0 unspecified atom stereocenters. The van der Waals surface area contributed by atoms with E-state index in [1.54, 1.807) is 12.1 Å². The number of nitro groups is 1. The molecule has 0 radical (unpaired) electrons. The second-order valence-corrected chi connectivity index (χ2v) is 5.19. The smallest absolute Gasteiger partial charge is 0.313 e. The molecule has 0 aromatic heterocycles. The van der Waals surface area contributed by atoms with E-state index >= 15 is 0 Å². The molecule has 0 amide bonds. The topological polar surface area (TPSA) is 69.4 Å². The van der Waals surface area contributed by atoms with Crippen molar-refractivity contribution in [1.29, 1.82) is 0 Å². The summed E-state index contributed by atoms with van der Waals surface area (Å²) in [6.07, 6.45) is 0.838. The van der Waals surface area contributed by atoms with Gasteiger partial charge in [0.05, 0.1) is 17.4 Å². The Morgan fingerprint density at radius 1 is 1.32 bits per heavy atom. The van der Waals surface area contributed by atoms with E-state index < -0.39 is 4.92 Å². The Morgan fingerprint density at radius 3 is 2.47 bits per heavy atom. The van der Waals surface area contributed by atoms with Crippen LogP contribution in [0.3, 0.4) is 0 Å². The quantitative estimate of drug-likeness (QED) is 0.477. The summed E-state index contributed by atoms with van der Waals surface area (Å²) < 4.78 is 5.13. The summed E-state index contributed by atoms with van der Waals surface area (Å²) in [5.41, 5.74) is 0.836. The second kappa shape index (κ2) is 5.38. The average Bonchev–Trinajstić information content (AvgIpc) is 2.38. The molecule has 102 valence electrons. The van der Waals surface area contributed by atoms with Crippen molar-refractivity contribution >= 4 is 11.7 Å². The number of cyclic esters (lactones) is 1. The average molecular weight is 263 g/mol. The Hall–Kier alpha value is -1.91. The molecule has 1 saturated heterocycles. The van der Waals surface area contributed by atoms with Crippen molar-refractivity contribution in [1.82, 2.24) is 0 Å². The third kappa shape index (κ3) is 2.75. The molecule has 0 aliphatic carbocycles. The van der Waals surface area contributed by atoms with Crippen molar-refractivity contribution in [3.05, 3.63) is 39.9 Å². The molecule has 19 heavy (non-hydrogen) atoms. The van der Waals surface area contributed by atoms with E-state index in [9.17, 15) is 14.9 Å². The van der Waals surface area contributed by atoms with E-state index in [0.29, 0.717) is 12.5 Å². The van der Waals surface area contributed by atoms with Crippen molar-refractivity contribution in [3.8, 4) is 0 Å². The molecule has 1 heterocycles. The van der Waals surface area contributed by atoms with Gasteiger partial charge < -0.3 is 4.74 Å². The molecule has 1 aliphatic heterocycles. The van der Waals surface area contributed by atoms with Gasteiger partial charge in [-0.05, 0) is 23.8 Å². The standard InChI is InChI=1S/C14H17NO4/c1-9(2)12-7-8-19-14(16)13(12)10-3-5-11(6-4-10)15(17)18/h3-6,9,12-13H,7-8H2,1-2H3/t12-,13-/m1/s1. The molecular formula is C14H17NO4. The number of hydrogen-bond acceptors (Lipinski definition) is 4. The van der Waals surface area contributed by atoms with Crippen LogP contribution in [0.25, 0.3) is 0 Å². The second-order valence-electron chi connectivity index (χ2n) is 5.19. The van der Waals surface area contributed by atoms with Gasteiger partial charge in [-0.2, -0.15) is 0 Å². The number of ether oxygens (including phenoxy) is 1. The number of esters is 1. The molecule has 5 nitrogen and oxygen atoms in total. The fraction of sp³-hybridized carbons (Fsp3) is 0.500. The zero-order valence-electron chi connectivity index (χ0n) is 11.0. The first-order valence-electron chi connectivity index (χ1n) is 6.41. The minimum absolute atomic E-state index is 0.0361. The third-order valence-corrected chi connectivity index (χ3v) is 3.70. The van der Waals surface area contributed by atoms with Crippen LogP contribution in [0.1, 0.15) is 31.7 Å². The number of rotatable bonds is 3. The zero-order chi connectivity index (χ0) is 14.0. The van der Waals surface area contributed by atoms with Gasteiger partial charge in [0.25, 0.3) is 5.69 Å². The minimum atomic E-state index is -0.442. The molecule has 0 saturated carbocycles. The SMILES string of the molecule is CC(C)[C@H]1CCOC(=O)[C@@H]1c1ccc([N+](=O)[O-])cc1. The predicted molar refractivity (Wildman–Crippen MR) is 69.7 cm³/mol. The van der Waals surface area contributed by atoms with Crippen molar-refractivity contribution in [2.45, 2.75) is 26.2 Å². The summed E-state index contributed by atoms with van der Waals surface area (Å²) in [5, 5.41) is 10.6. The van der Waals surface area contributed by atoms with Crippen LogP contribution in [0, 0.1) is 22.0 Å². The van der Waals surface area contributed by atoms with E-state index in [2.05, 4.69) is 13.8 Å². The Balaban J connectivity index is 2.30. The minimum Gasteiger partial charge on any atom is -0.465 e. The molecule has 2 rings (SSSR count). The first-order chi connectivity index (χ1) is 9.00. The van der Waals surface area contributed by atoms with Gasteiger partial charge in [-0.1, -0.05) is 26.0 Å². The van der Waals surface area contributed by atoms with Crippen LogP contribution >= 0.6 is 0 Å². The molecule has 5 heteroatoms. The molecule has 2 atom stereocenters. The summed E-state index contributed by atoms with van der Waals surface area (Å²) in [4.78, 5) is 22.2. The van der Waals surface area contributed by atoms with Gasteiger partial charge in [-0.3, -0.25) is 14.9 Å². The van der Waals surface area contributed by atoms with Crippen molar-refractivity contribution in [3.63, 3.8) is 0 Å². The van der Waals surface area contributed by atoms with Crippen LogP contribution in [0.4, 0.5) is 5.69 Å². The number of carbonyl (C=O) groups is 1. The number of carbonyl (C=O) groups excluding carboxylic acids is 1. The fourth-order valence-electron chi connectivity index (χ4n) is 2.63. The van der Waals surface area contributed by atoms with Crippen molar-refractivity contribution in [2.75, 3.05) is 6.61 Å². The van der Waals surface area contributed by atoms with E-state index in [-0.39, 0.29) is 23.5 Å². The van der Waals surface area contributed by atoms with E-state index in [0.717, 1.165) is 12.0 Å². The highest BCUT2D eigenvalue weighted by molar-refractivity contribution is 5.79. The number of nitro benzene ring substituents is 1. The van der Waals surface area contributed by atoms with Crippen molar-refractivity contribution < 1.29 is 14.5 Å². The highest BCUT2D eigenvalue weighted by Gasteiger charge is 2.36. The van der Waals surface area contributed by atoms with E-state index in [4.69, 9.17) is 4.74 Å². The van der Waals surface area contributed by atoms with Crippen LogP contribution in [0.5, 0.6) is 0 Å². The van der Waals surface area contributed by atoms with Gasteiger partial charge >= 0.3 is 5.97 Å². The summed E-state index contributed by atoms with van der Waals surface area (Å²) in [6, 6.07) is 6.19. The fourth-order valence-corrected chi connectivity index (χ4v) is 2.63. The van der Waals surface area contributed by atoms with Crippen LogP contribution in [-0.4, -0.2) is 17.5 Å². The van der Waals surface area contributed by atoms with Crippen molar-refractivity contribution in [2.24, 2.45) is 11.8 Å². The van der Waals surface area contributed by atoms with E-state index in [1.165, 1.54) is 12.1 Å². The normalized spacial score (nSPS) is 23.2. The lowest BCUT2D eigenvalue weighted by atomic mass is 9.76. The maximum Gasteiger partial charge on any atom is 0.313 e. The zero-order valence-corrected chi connectivity index (χ0v) is 11.0. The van der Waals surface area contributed by atoms with Gasteiger partial charge in [0.2, 0.25) is 0 Å². The van der Waals surface area contributed by atoms with Crippen LogP contribution < -0.4 is 0 Å². The molecule has 1 aromatic rings. The Bertz CT molecular complexity index is 481. The molecule has 1 fully saturated rings. The summed E-state index contributed by atoms with van der Waals surface area (Å²) in [6.45, 7) is 4.63. The maximum absolute atomic E-state index is 12.0. The number of nitrogens with zero attached hydrogens (tertiary/aromatic N) is 1. The first kappa shape index (κ1) is 13.5. The van der Waals surface area contributed by atoms with Gasteiger partial charge in [0.1, 0.15) is 0 Å². The lowest BCUT2D eigenvalue weighted by Gasteiger charge is -2.33. The summed E-state index contributed by atoms with van der Waals surface area (Å²) in [7, 11) is 0. The van der Waals surface area contributed by atoms with Crippen LogP contribution in [-0.2, 0) is 9.53 Å². The number of benzene rings is 1. The van der Waals surface area contributed by atoms with Gasteiger partial charge in [0, 0.05) is 12.1 Å². The van der Waals surface area contributed by atoms with Gasteiger partial charge in [0.15, 0.2) is 0 Å². The molecule has 0 N–H and O–H groups in total. The Kier molecular flexibility index (Phi) is 3.83. The first-order valence-corrected chi connectivity index (χ1v) is 6.41. The molecular weight excluding hydrogens is 246 g/mol. The lowest BCUT2D eigenvalue weighted by molar-refractivity contribution is -0.384. The Morgan fingerprint density at radius 2 is 1.95 bits per heavy atom. The predicted octanol–water partition coefficient (Wildman–Crippen LogP) is 2.90. The monoisotopic (exact) mass is 263 g/mol. The molecule has 0 spiro atoms. The number of non-ortho nitro benzene ring substituents is 1. The van der Waals surface area contributed by atoms with Crippen LogP contribution in [0.15, 0.2) is 24.3 Å². The van der Waals surface area contributed by atoms with Gasteiger partial charge in [-0.15, -0.1) is 0 Å². The number of hydrogen-bond donors (Lipinski definition) is 0. The van der Waals surface area contributed by atoms with Gasteiger partial charge in [-0.25, -0.2) is 0 Å². The Labute approximate surface area is 111 Å². The highest BCUT2D eigenvalue weighted by atomic mass is 16.6. The van der Waals surface area contributed by atoms with E-state index in [1.807, 2.05) is 0 Å². The lowest BCUT2D eigenvalue weighted by Crippen LogP contribution is -2.33. The molecule has 1 aromatic carbocycles. The van der Waals surface area contributed by atoms with Crippen LogP contribution in [0.2, 0.25) is 0 Å². The summed E-state index contributed by atoms with van der Waals surface area (Å²) in [5.74, 6) is 0.0594. The largest absolute Gasteiger partial charge is 0.465 e. The maximum atomic E-state index is 12.0. The molecule has 0 bridgehead atoms. The summed E-state index contributed by atoms with van der Waals surface area (Å²) >= 11 is 0. The third-order valence-electron chi connectivity index (χ3n) is 3.70.